The van der Waals surface area contributed by atoms with Crippen LogP contribution in [0.2, 0.25) is 0 Å². The van der Waals surface area contributed by atoms with Crippen molar-refractivity contribution in [3.63, 3.8) is 0 Å². The van der Waals surface area contributed by atoms with Gasteiger partial charge in [0.25, 0.3) is 0 Å². The maximum absolute atomic E-state index is 11.2. The normalized spacial score (nSPS) is 27.5. The first-order chi connectivity index (χ1) is 11.6. The van der Waals surface area contributed by atoms with Crippen LogP contribution in [0.25, 0.3) is 0 Å². The van der Waals surface area contributed by atoms with E-state index in [-0.39, 0.29) is 17.6 Å². The number of nitrogens with zero attached hydrogens (tertiary/aromatic N) is 4. The lowest BCUT2D eigenvalue weighted by atomic mass is 9.74. The van der Waals surface area contributed by atoms with Gasteiger partial charge in [0.2, 0.25) is 0 Å². The summed E-state index contributed by atoms with van der Waals surface area (Å²) in [5.41, 5.74) is 8.02. The molecule has 0 unspecified atom stereocenters. The Hall–Kier alpha value is -1.56. The summed E-state index contributed by atoms with van der Waals surface area (Å²) in [7, 11) is 0. The fourth-order valence-corrected chi connectivity index (χ4v) is 4.98. The van der Waals surface area contributed by atoms with Crippen LogP contribution in [-0.4, -0.2) is 48.0 Å². The van der Waals surface area contributed by atoms with Gasteiger partial charge >= 0.3 is 6.09 Å². The predicted octanol–water partition coefficient (Wildman–Crippen LogP) is 1.61. The van der Waals surface area contributed by atoms with Gasteiger partial charge < -0.3 is 20.1 Å². The molecule has 2 fully saturated rings. The zero-order valence-corrected chi connectivity index (χ0v) is 15.4. The Morgan fingerprint density at radius 3 is 3.08 bits per heavy atom. The number of carbonyl (C=O) groups excluding carboxylic acids is 1. The van der Waals surface area contributed by atoms with Crippen LogP contribution in [0.15, 0.2) is 9.45 Å². The third-order valence-corrected chi connectivity index (χ3v) is 6.70. The van der Waals surface area contributed by atoms with Gasteiger partial charge in [0.15, 0.2) is 9.52 Å². The molecule has 10 heteroatoms. The number of carbonyl (C=O) groups is 1. The number of halogens is 1. The molecule has 4 rings (SSSR count). The summed E-state index contributed by atoms with van der Waals surface area (Å²) in [5, 5.41) is 0. The standard InChI is InChI=1S/C14H19IN6O3/c1-8-10(24-13(16)22)14(7-23-8)2-4-21(5-3-14)9-6-17-11-12(18-9)19-20-15-11/h6,8,10H,2-5,7H2,1H3,(H2,16,22)(H,18,19)/t8-,10+/m0/s1. The first kappa shape index (κ1) is 15.9. The molecule has 1 aromatic heterocycles. The number of amides is 1. The Labute approximate surface area is 149 Å². The number of hydrogen-bond donors (Lipinski definition) is 2. The van der Waals surface area contributed by atoms with E-state index in [1.807, 2.05) is 13.1 Å². The summed E-state index contributed by atoms with van der Waals surface area (Å²) in [6.07, 6.45) is 2.40. The van der Waals surface area contributed by atoms with E-state index in [4.69, 9.17) is 15.2 Å². The van der Waals surface area contributed by atoms with Crippen molar-refractivity contribution in [2.45, 2.75) is 32.0 Å². The van der Waals surface area contributed by atoms with Gasteiger partial charge in [-0.05, 0) is 19.8 Å². The van der Waals surface area contributed by atoms with Crippen molar-refractivity contribution in [2.24, 2.45) is 14.4 Å². The van der Waals surface area contributed by atoms with Crippen LogP contribution in [0.5, 0.6) is 0 Å². The fraction of sp³-hybridized carbons (Fsp3) is 0.643. The molecule has 0 aromatic carbocycles. The zero-order chi connectivity index (χ0) is 16.7. The third kappa shape index (κ3) is 2.70. The first-order valence-electron chi connectivity index (χ1n) is 7.87. The Kier molecular flexibility index (Phi) is 4.03. The lowest BCUT2D eigenvalue weighted by Gasteiger charge is -2.41. The summed E-state index contributed by atoms with van der Waals surface area (Å²) in [6, 6.07) is 0. The van der Waals surface area contributed by atoms with E-state index in [1.54, 1.807) is 0 Å². The van der Waals surface area contributed by atoms with Crippen LogP contribution in [0.3, 0.4) is 0 Å². The minimum atomic E-state index is -0.734. The van der Waals surface area contributed by atoms with Gasteiger partial charge in [-0.2, -0.15) is 0 Å². The number of primary amides is 1. The molecule has 24 heavy (non-hydrogen) atoms. The highest BCUT2D eigenvalue weighted by atomic mass is 127. The minimum absolute atomic E-state index is 0.126. The number of nitrogens with two attached hydrogens (primary N) is 1. The van der Waals surface area contributed by atoms with E-state index in [1.165, 1.54) is 0 Å². The highest BCUT2D eigenvalue weighted by Gasteiger charge is 2.51. The molecule has 0 aliphatic carbocycles. The van der Waals surface area contributed by atoms with Gasteiger partial charge in [-0.3, -0.25) is 5.43 Å². The molecule has 0 saturated carbocycles. The summed E-state index contributed by atoms with van der Waals surface area (Å²) >= 11 is -0.397. The van der Waals surface area contributed by atoms with Crippen molar-refractivity contribution in [2.75, 3.05) is 30.0 Å². The van der Waals surface area contributed by atoms with Crippen molar-refractivity contribution >= 4 is 38.8 Å². The van der Waals surface area contributed by atoms with Gasteiger partial charge in [0.1, 0.15) is 11.9 Å². The molecule has 1 amide bonds. The number of hydrogen-bond acceptors (Lipinski definition) is 8. The monoisotopic (exact) mass is 446 g/mol. The lowest BCUT2D eigenvalue weighted by Crippen LogP contribution is -2.49. The second kappa shape index (κ2) is 6.06. The van der Waals surface area contributed by atoms with Crippen molar-refractivity contribution < 1.29 is 14.3 Å². The van der Waals surface area contributed by atoms with Crippen LogP contribution >= 0.6 is 21.0 Å². The number of piperidine rings is 1. The quantitative estimate of drug-likeness (QED) is 0.664. The predicted molar refractivity (Wildman–Crippen MR) is 94.6 cm³/mol. The van der Waals surface area contributed by atoms with E-state index in [0.29, 0.717) is 6.61 Å². The molecule has 9 nitrogen and oxygen atoms in total. The average Bonchev–Trinajstić information content (AvgIpc) is 3.15. The molecule has 130 valence electrons. The van der Waals surface area contributed by atoms with E-state index in [2.05, 4.69) is 23.5 Å². The van der Waals surface area contributed by atoms with Crippen molar-refractivity contribution in [1.29, 1.82) is 0 Å². The summed E-state index contributed by atoms with van der Waals surface area (Å²) in [5.74, 6) is 1.64. The van der Waals surface area contributed by atoms with Crippen LogP contribution in [0.4, 0.5) is 16.4 Å². The topological polar surface area (TPSA) is 115 Å². The van der Waals surface area contributed by atoms with Gasteiger partial charge in [-0.1, -0.05) is 0 Å². The fourth-order valence-electron chi connectivity index (χ4n) is 3.67. The molecule has 1 aromatic rings. The van der Waals surface area contributed by atoms with Gasteiger partial charge in [-0.25, -0.2) is 14.8 Å². The number of rotatable bonds is 2. The minimum Gasteiger partial charge on any atom is -0.443 e. The molecular weight excluding hydrogens is 427 g/mol. The average molecular weight is 446 g/mol. The SMILES string of the molecule is C[C@@H]1OCC2(CCN(c3cnc4c(n3)NN=I4)CC2)[C@@H]1OC(N)=O. The summed E-state index contributed by atoms with van der Waals surface area (Å²) in [6.45, 7) is 4.16. The molecule has 0 radical (unpaired) electrons. The van der Waals surface area contributed by atoms with Crippen molar-refractivity contribution in [3.05, 3.63) is 9.90 Å². The van der Waals surface area contributed by atoms with E-state index >= 15 is 0 Å². The molecule has 2 atom stereocenters. The second-order valence-electron chi connectivity index (χ2n) is 6.37. The van der Waals surface area contributed by atoms with Gasteiger partial charge in [-0.15, -0.1) is 3.25 Å². The maximum Gasteiger partial charge on any atom is 0.404 e. The number of nitrogens with one attached hydrogen (secondary N) is 1. The van der Waals surface area contributed by atoms with Crippen LogP contribution in [0, 0.1) is 9.12 Å². The number of aromatic nitrogens is 2. The second-order valence-corrected chi connectivity index (χ2v) is 8.36. The Morgan fingerprint density at radius 2 is 2.33 bits per heavy atom. The van der Waals surface area contributed by atoms with Gasteiger partial charge in [0, 0.05) is 18.5 Å². The van der Waals surface area contributed by atoms with Crippen molar-refractivity contribution in [1.82, 2.24) is 9.97 Å². The highest BCUT2D eigenvalue weighted by molar-refractivity contribution is 14.2. The summed E-state index contributed by atoms with van der Waals surface area (Å²) in [4.78, 5) is 22.5. The summed E-state index contributed by atoms with van der Waals surface area (Å²) < 4.78 is 16.3. The Balaban J connectivity index is 1.47. The van der Waals surface area contributed by atoms with Crippen LogP contribution in [0.1, 0.15) is 19.8 Å². The zero-order valence-electron chi connectivity index (χ0n) is 13.2. The molecule has 2 saturated heterocycles. The van der Waals surface area contributed by atoms with Crippen LogP contribution < -0.4 is 16.1 Å². The molecule has 1 spiro atoms. The smallest absolute Gasteiger partial charge is 0.404 e. The van der Waals surface area contributed by atoms with Crippen LogP contribution in [-0.2, 0) is 9.47 Å². The number of anilines is 2. The Bertz CT molecular complexity index is 691. The lowest BCUT2D eigenvalue weighted by molar-refractivity contribution is 0.00813. The molecule has 3 aliphatic heterocycles. The number of fused-ring (bicyclic) bond motifs is 1. The Morgan fingerprint density at radius 1 is 1.54 bits per heavy atom. The largest absolute Gasteiger partial charge is 0.443 e. The molecule has 3 N–H and O–H groups in total. The molecule has 0 bridgehead atoms. The number of ether oxygens (including phenoxy) is 2. The maximum atomic E-state index is 11.2. The van der Waals surface area contributed by atoms with Gasteiger partial charge in [0.05, 0.1) is 39.9 Å². The third-order valence-electron chi connectivity index (χ3n) is 4.98. The molecule has 3 aliphatic rings. The highest BCUT2D eigenvalue weighted by Crippen LogP contribution is 2.44. The molecular formula is C14H19IN6O3. The van der Waals surface area contributed by atoms with E-state index < -0.39 is 27.1 Å². The first-order valence-corrected chi connectivity index (χ1v) is 9.92. The van der Waals surface area contributed by atoms with Crippen molar-refractivity contribution in [3.8, 4) is 0 Å². The van der Waals surface area contributed by atoms with E-state index in [9.17, 15) is 4.79 Å². The molecule has 4 heterocycles. The van der Waals surface area contributed by atoms with E-state index in [0.717, 1.165) is 41.3 Å².